The minimum Gasteiger partial charge on any atom is -0.379 e. The van der Waals surface area contributed by atoms with E-state index in [1.165, 1.54) is 6.42 Å². The Bertz CT molecular complexity index is 286. The number of carbonyl (C=O) groups is 1. The highest BCUT2D eigenvalue weighted by molar-refractivity contribution is 5.79. The smallest absolute Gasteiger partial charge is 0.223 e. The third-order valence-electron chi connectivity index (χ3n) is 4.37. The fourth-order valence-electron chi connectivity index (χ4n) is 3.19. The molecule has 2 rings (SSSR count). The predicted octanol–water partition coefficient (Wildman–Crippen LogP) is 1.44. The molecule has 0 aromatic carbocycles. The minimum absolute atomic E-state index is 0.141. The maximum absolute atomic E-state index is 12.3. The molecule has 3 N–H and O–H groups in total. The first-order valence-electron chi connectivity index (χ1n) is 7.23. The molecule has 18 heavy (non-hydrogen) atoms. The molecule has 1 saturated carbocycles. The lowest BCUT2D eigenvalue weighted by molar-refractivity contribution is -0.128. The molecule has 0 bridgehead atoms. The summed E-state index contributed by atoms with van der Waals surface area (Å²) in [6.45, 7) is 4.23. The van der Waals surface area contributed by atoms with Gasteiger partial charge in [-0.25, -0.2) is 0 Å². The number of hydrogen-bond donors (Lipinski definition) is 2. The summed E-state index contributed by atoms with van der Waals surface area (Å²) in [5, 5.41) is 3.19. The number of carbonyl (C=O) groups excluding carboxylic acids is 1. The Morgan fingerprint density at radius 2 is 2.33 bits per heavy atom. The van der Waals surface area contributed by atoms with Crippen LogP contribution in [0.4, 0.5) is 0 Å². The van der Waals surface area contributed by atoms with Crippen molar-refractivity contribution >= 4 is 5.91 Å². The summed E-state index contributed by atoms with van der Waals surface area (Å²) in [6, 6.07) is 0. The second-order valence-corrected chi connectivity index (χ2v) is 6.16. The summed E-state index contributed by atoms with van der Waals surface area (Å²) >= 11 is 0. The third kappa shape index (κ3) is 3.45. The molecule has 1 aliphatic carbocycles. The van der Waals surface area contributed by atoms with Crippen LogP contribution in [0.15, 0.2) is 0 Å². The van der Waals surface area contributed by atoms with Gasteiger partial charge in [-0.15, -0.1) is 0 Å². The summed E-state index contributed by atoms with van der Waals surface area (Å²) in [5.74, 6) is 1.06. The number of ether oxygens (including phenoxy) is 1. The Kier molecular flexibility index (Phi) is 4.62. The van der Waals surface area contributed by atoms with Gasteiger partial charge in [-0.3, -0.25) is 4.79 Å². The van der Waals surface area contributed by atoms with E-state index in [1.54, 1.807) is 0 Å². The zero-order chi connectivity index (χ0) is 13.0. The van der Waals surface area contributed by atoms with Crippen LogP contribution in [0.2, 0.25) is 0 Å². The van der Waals surface area contributed by atoms with Gasteiger partial charge in [0.25, 0.3) is 0 Å². The molecule has 2 aliphatic rings. The van der Waals surface area contributed by atoms with Crippen LogP contribution in [-0.2, 0) is 9.53 Å². The number of hydrogen-bond acceptors (Lipinski definition) is 3. The molecule has 1 aliphatic heterocycles. The van der Waals surface area contributed by atoms with Crippen LogP contribution < -0.4 is 11.1 Å². The first kappa shape index (κ1) is 13.8. The lowest BCUT2D eigenvalue weighted by Crippen LogP contribution is -2.49. The molecular weight excluding hydrogens is 228 g/mol. The highest BCUT2D eigenvalue weighted by atomic mass is 16.5. The Morgan fingerprint density at radius 3 is 3.00 bits per heavy atom. The zero-order valence-electron chi connectivity index (χ0n) is 11.4. The van der Waals surface area contributed by atoms with Crippen molar-refractivity contribution in [3.8, 4) is 0 Å². The number of nitrogens with one attached hydrogen (secondary N) is 1. The first-order chi connectivity index (χ1) is 8.63. The largest absolute Gasteiger partial charge is 0.379 e. The molecular formula is C14H26N2O2. The maximum Gasteiger partial charge on any atom is 0.223 e. The number of amides is 1. The van der Waals surface area contributed by atoms with E-state index in [0.717, 1.165) is 45.3 Å². The summed E-state index contributed by atoms with van der Waals surface area (Å²) in [6.07, 6.45) is 6.43. The van der Waals surface area contributed by atoms with Gasteiger partial charge in [0.1, 0.15) is 0 Å². The van der Waals surface area contributed by atoms with Gasteiger partial charge in [-0.2, -0.15) is 0 Å². The number of rotatable bonds is 4. The van der Waals surface area contributed by atoms with E-state index in [-0.39, 0.29) is 17.4 Å². The van der Waals surface area contributed by atoms with Crippen LogP contribution in [0.5, 0.6) is 0 Å². The Hall–Kier alpha value is -0.610. The average Bonchev–Trinajstić information content (AvgIpc) is 2.76. The molecule has 0 aromatic heterocycles. The van der Waals surface area contributed by atoms with E-state index in [0.29, 0.717) is 12.5 Å². The van der Waals surface area contributed by atoms with Crippen molar-refractivity contribution < 1.29 is 9.53 Å². The zero-order valence-corrected chi connectivity index (χ0v) is 11.4. The quantitative estimate of drug-likeness (QED) is 0.798. The van der Waals surface area contributed by atoms with Gasteiger partial charge >= 0.3 is 0 Å². The lowest BCUT2D eigenvalue weighted by Gasteiger charge is -2.31. The second kappa shape index (κ2) is 6.02. The van der Waals surface area contributed by atoms with Crippen LogP contribution in [0.3, 0.4) is 0 Å². The van der Waals surface area contributed by atoms with Gasteiger partial charge in [-0.1, -0.05) is 12.8 Å². The molecule has 4 heteroatoms. The van der Waals surface area contributed by atoms with Crippen molar-refractivity contribution in [3.63, 3.8) is 0 Å². The van der Waals surface area contributed by atoms with Crippen LogP contribution in [0, 0.1) is 11.8 Å². The van der Waals surface area contributed by atoms with Gasteiger partial charge in [0.15, 0.2) is 0 Å². The molecule has 104 valence electrons. The second-order valence-electron chi connectivity index (χ2n) is 6.16. The summed E-state index contributed by atoms with van der Waals surface area (Å²) in [4.78, 5) is 12.3. The van der Waals surface area contributed by atoms with Crippen LogP contribution in [0.1, 0.15) is 45.4 Å². The first-order valence-corrected chi connectivity index (χ1v) is 7.23. The van der Waals surface area contributed by atoms with Gasteiger partial charge in [-0.05, 0) is 45.1 Å². The van der Waals surface area contributed by atoms with E-state index >= 15 is 0 Å². The Balaban J connectivity index is 1.84. The van der Waals surface area contributed by atoms with Gasteiger partial charge in [0.05, 0.1) is 12.1 Å². The van der Waals surface area contributed by atoms with E-state index in [2.05, 4.69) is 12.2 Å². The van der Waals surface area contributed by atoms with Gasteiger partial charge in [0.2, 0.25) is 5.91 Å². The molecule has 0 spiro atoms. The summed E-state index contributed by atoms with van der Waals surface area (Å²) in [5.41, 5.74) is 5.48. The van der Waals surface area contributed by atoms with E-state index < -0.39 is 0 Å². The molecule has 1 amide bonds. The monoisotopic (exact) mass is 254 g/mol. The van der Waals surface area contributed by atoms with Gasteiger partial charge in [0, 0.05) is 12.5 Å². The van der Waals surface area contributed by atoms with Crippen LogP contribution in [0.25, 0.3) is 0 Å². The molecule has 1 heterocycles. The fourth-order valence-corrected chi connectivity index (χ4v) is 3.19. The summed E-state index contributed by atoms with van der Waals surface area (Å²) in [7, 11) is 0. The minimum atomic E-state index is -0.141. The molecule has 0 aromatic rings. The predicted molar refractivity (Wildman–Crippen MR) is 71.1 cm³/mol. The molecule has 2 fully saturated rings. The van der Waals surface area contributed by atoms with Crippen molar-refractivity contribution in [1.82, 2.24) is 5.32 Å². The average molecular weight is 254 g/mol. The maximum atomic E-state index is 12.3. The molecule has 4 nitrogen and oxygen atoms in total. The Labute approximate surface area is 110 Å². The van der Waals surface area contributed by atoms with Crippen molar-refractivity contribution in [2.45, 2.75) is 51.0 Å². The molecule has 3 atom stereocenters. The normalized spacial score (nSPS) is 36.6. The van der Waals surface area contributed by atoms with Gasteiger partial charge < -0.3 is 15.8 Å². The highest BCUT2D eigenvalue weighted by Gasteiger charge is 2.34. The van der Waals surface area contributed by atoms with E-state index in [9.17, 15) is 4.79 Å². The van der Waals surface area contributed by atoms with E-state index in [1.807, 2.05) is 0 Å². The standard InChI is InChI=1S/C14H26N2O2/c1-14(6-8-18-10-14)16-13(17)12-4-2-3-11(9-12)5-7-15/h11-12H,2-10,15H2,1H3,(H,16,17). The highest BCUT2D eigenvalue weighted by Crippen LogP contribution is 2.31. The molecule has 0 radical (unpaired) electrons. The van der Waals surface area contributed by atoms with Crippen LogP contribution >= 0.6 is 0 Å². The van der Waals surface area contributed by atoms with Crippen molar-refractivity contribution in [2.75, 3.05) is 19.8 Å². The van der Waals surface area contributed by atoms with Crippen molar-refractivity contribution in [2.24, 2.45) is 17.6 Å². The molecule has 1 saturated heterocycles. The number of nitrogens with two attached hydrogens (primary N) is 1. The van der Waals surface area contributed by atoms with E-state index in [4.69, 9.17) is 10.5 Å². The fraction of sp³-hybridized carbons (Fsp3) is 0.929. The van der Waals surface area contributed by atoms with Crippen molar-refractivity contribution in [3.05, 3.63) is 0 Å². The Morgan fingerprint density at radius 1 is 1.50 bits per heavy atom. The third-order valence-corrected chi connectivity index (χ3v) is 4.37. The molecule has 3 unspecified atom stereocenters. The lowest BCUT2D eigenvalue weighted by atomic mass is 9.79. The summed E-state index contributed by atoms with van der Waals surface area (Å²) < 4.78 is 5.38. The van der Waals surface area contributed by atoms with Crippen molar-refractivity contribution in [1.29, 1.82) is 0 Å². The van der Waals surface area contributed by atoms with Crippen LogP contribution in [-0.4, -0.2) is 31.2 Å². The topological polar surface area (TPSA) is 64.4 Å². The SMILES string of the molecule is CC1(NC(=O)C2CCCC(CCN)C2)CCOC1.